The van der Waals surface area contributed by atoms with E-state index in [0.717, 1.165) is 69.0 Å². The quantitative estimate of drug-likeness (QED) is 0.913. The van der Waals surface area contributed by atoms with Gasteiger partial charge in [0, 0.05) is 31.2 Å². The van der Waals surface area contributed by atoms with E-state index in [4.69, 9.17) is 11.6 Å². The second-order valence-electron chi connectivity index (χ2n) is 7.31. The van der Waals surface area contributed by atoms with Crippen LogP contribution in [0.5, 0.6) is 0 Å². The van der Waals surface area contributed by atoms with Crippen LogP contribution in [0, 0.1) is 5.92 Å². The topological polar surface area (TPSA) is 26.7 Å². The normalized spacial score (nSPS) is 30.5. The van der Waals surface area contributed by atoms with Gasteiger partial charge in [-0.3, -0.25) is 0 Å². The third-order valence-electron chi connectivity index (χ3n) is 5.75. The predicted octanol–water partition coefficient (Wildman–Crippen LogP) is 3.36. The van der Waals surface area contributed by atoms with E-state index in [1.165, 1.54) is 6.42 Å². The Labute approximate surface area is 145 Å². The molecule has 1 aromatic rings. The Balaban J connectivity index is 1.66. The highest BCUT2D eigenvalue weighted by Crippen LogP contribution is 2.43. The molecule has 0 amide bonds. The van der Waals surface area contributed by atoms with Crippen LogP contribution >= 0.6 is 11.6 Å². The van der Waals surface area contributed by atoms with Crippen LogP contribution in [0.2, 0.25) is 5.02 Å². The molecule has 0 bridgehead atoms. The fourth-order valence-electron chi connectivity index (χ4n) is 4.16. The van der Waals surface area contributed by atoms with Crippen LogP contribution in [0.3, 0.4) is 0 Å². The Hall–Kier alpha value is -0.610. The molecule has 4 heteroatoms. The molecule has 1 saturated heterocycles. The zero-order chi connectivity index (χ0) is 16.3. The van der Waals surface area contributed by atoms with Gasteiger partial charge in [0.05, 0.1) is 5.60 Å². The largest absolute Gasteiger partial charge is 0.385 e. The molecule has 0 spiro atoms. The zero-order valence-electron chi connectivity index (χ0n) is 14.2. The van der Waals surface area contributed by atoms with Crippen molar-refractivity contribution < 1.29 is 5.11 Å². The number of aliphatic hydroxyl groups is 1. The third kappa shape index (κ3) is 4.08. The molecule has 1 saturated carbocycles. The molecule has 128 valence electrons. The lowest BCUT2D eigenvalue weighted by atomic mass is 9.70. The van der Waals surface area contributed by atoms with Gasteiger partial charge >= 0.3 is 0 Å². The Kier molecular flexibility index (Phi) is 5.63. The molecule has 1 heterocycles. The molecule has 2 unspecified atom stereocenters. The van der Waals surface area contributed by atoms with Gasteiger partial charge in [0.1, 0.15) is 0 Å². The van der Waals surface area contributed by atoms with Crippen molar-refractivity contribution in [3.63, 3.8) is 0 Å². The molecule has 1 aliphatic heterocycles. The standard InChI is InChI=1S/C19H29ClN2O/c1-21-11-13-22(14-12-21)10-8-16-5-2-3-9-19(16,23)17-6-4-7-18(20)15-17/h4,6-7,15-16,23H,2-3,5,8-14H2,1H3. The number of benzene rings is 1. The average molecular weight is 337 g/mol. The van der Waals surface area contributed by atoms with Crippen molar-refractivity contribution in [2.24, 2.45) is 5.92 Å². The van der Waals surface area contributed by atoms with Gasteiger partial charge in [-0.2, -0.15) is 0 Å². The van der Waals surface area contributed by atoms with Gasteiger partial charge in [-0.05, 0) is 56.5 Å². The molecule has 3 nitrogen and oxygen atoms in total. The van der Waals surface area contributed by atoms with Crippen LogP contribution in [0.4, 0.5) is 0 Å². The van der Waals surface area contributed by atoms with E-state index in [9.17, 15) is 5.11 Å². The summed E-state index contributed by atoms with van der Waals surface area (Å²) in [5, 5.41) is 12.1. The molecular formula is C19H29ClN2O. The van der Waals surface area contributed by atoms with Crippen LogP contribution in [0.25, 0.3) is 0 Å². The number of hydrogen-bond donors (Lipinski definition) is 1. The summed E-state index contributed by atoms with van der Waals surface area (Å²) in [7, 11) is 2.19. The second kappa shape index (κ2) is 7.52. The first-order chi connectivity index (χ1) is 11.1. The predicted molar refractivity (Wildman–Crippen MR) is 95.9 cm³/mol. The Morgan fingerprint density at radius 3 is 2.74 bits per heavy atom. The smallest absolute Gasteiger partial charge is 0.0925 e. The Bertz CT molecular complexity index is 516. The van der Waals surface area contributed by atoms with Crippen LogP contribution in [0.15, 0.2) is 24.3 Å². The first-order valence-corrected chi connectivity index (χ1v) is 9.35. The van der Waals surface area contributed by atoms with Crippen LogP contribution < -0.4 is 0 Å². The lowest BCUT2D eigenvalue weighted by molar-refractivity contribution is -0.0608. The molecule has 3 rings (SSSR count). The third-order valence-corrected chi connectivity index (χ3v) is 5.99. The summed E-state index contributed by atoms with van der Waals surface area (Å²) in [6, 6.07) is 7.84. The van der Waals surface area contributed by atoms with Crippen molar-refractivity contribution in [2.75, 3.05) is 39.8 Å². The summed E-state index contributed by atoms with van der Waals surface area (Å²) >= 11 is 6.16. The van der Waals surface area contributed by atoms with Crippen molar-refractivity contribution in [1.29, 1.82) is 0 Å². The summed E-state index contributed by atoms with van der Waals surface area (Å²) in [5.74, 6) is 0.342. The van der Waals surface area contributed by atoms with Gasteiger partial charge in [0.25, 0.3) is 0 Å². The first kappa shape index (κ1) is 17.2. The van der Waals surface area contributed by atoms with Crippen LogP contribution in [0.1, 0.15) is 37.7 Å². The highest BCUT2D eigenvalue weighted by molar-refractivity contribution is 6.30. The molecule has 23 heavy (non-hydrogen) atoms. The minimum absolute atomic E-state index is 0.342. The minimum atomic E-state index is -0.699. The van der Waals surface area contributed by atoms with Crippen LogP contribution in [-0.2, 0) is 5.60 Å². The molecule has 2 aliphatic rings. The summed E-state index contributed by atoms with van der Waals surface area (Å²) in [6.07, 6.45) is 5.40. The molecule has 1 aromatic carbocycles. The summed E-state index contributed by atoms with van der Waals surface area (Å²) in [4.78, 5) is 4.94. The monoisotopic (exact) mass is 336 g/mol. The minimum Gasteiger partial charge on any atom is -0.385 e. The first-order valence-electron chi connectivity index (χ1n) is 8.97. The number of nitrogens with zero attached hydrogens (tertiary/aromatic N) is 2. The molecule has 0 radical (unpaired) electrons. The average Bonchev–Trinajstić information content (AvgIpc) is 2.56. The molecule has 2 atom stereocenters. The number of likely N-dealkylation sites (N-methyl/N-ethyl adjacent to an activating group) is 1. The van der Waals surface area contributed by atoms with Crippen LogP contribution in [-0.4, -0.2) is 54.7 Å². The lowest BCUT2D eigenvalue weighted by Gasteiger charge is -2.42. The fourth-order valence-corrected chi connectivity index (χ4v) is 4.35. The maximum atomic E-state index is 11.4. The highest BCUT2D eigenvalue weighted by atomic mass is 35.5. The van der Waals surface area contributed by atoms with Gasteiger partial charge < -0.3 is 14.9 Å². The van der Waals surface area contributed by atoms with E-state index >= 15 is 0 Å². The maximum absolute atomic E-state index is 11.4. The van der Waals surface area contributed by atoms with E-state index in [0.29, 0.717) is 5.92 Å². The number of rotatable bonds is 4. The summed E-state index contributed by atoms with van der Waals surface area (Å²) in [5.41, 5.74) is 0.309. The summed E-state index contributed by atoms with van der Waals surface area (Å²) < 4.78 is 0. The number of piperazine rings is 1. The zero-order valence-corrected chi connectivity index (χ0v) is 14.9. The van der Waals surface area contributed by atoms with Gasteiger partial charge in [0.2, 0.25) is 0 Å². The molecular weight excluding hydrogens is 308 g/mol. The number of hydrogen-bond acceptors (Lipinski definition) is 3. The van der Waals surface area contributed by atoms with Gasteiger partial charge in [-0.25, -0.2) is 0 Å². The van der Waals surface area contributed by atoms with Gasteiger partial charge in [-0.15, -0.1) is 0 Å². The van der Waals surface area contributed by atoms with Crippen molar-refractivity contribution in [1.82, 2.24) is 9.80 Å². The van der Waals surface area contributed by atoms with Gasteiger partial charge in [-0.1, -0.05) is 36.6 Å². The highest BCUT2D eigenvalue weighted by Gasteiger charge is 2.40. The fraction of sp³-hybridized carbons (Fsp3) is 0.684. The van der Waals surface area contributed by atoms with Crippen molar-refractivity contribution in [3.05, 3.63) is 34.9 Å². The Morgan fingerprint density at radius 1 is 1.22 bits per heavy atom. The van der Waals surface area contributed by atoms with Crippen molar-refractivity contribution in [2.45, 2.75) is 37.7 Å². The maximum Gasteiger partial charge on any atom is 0.0925 e. The second-order valence-corrected chi connectivity index (χ2v) is 7.75. The summed E-state index contributed by atoms with van der Waals surface area (Å²) in [6.45, 7) is 5.71. The molecule has 1 aliphatic carbocycles. The molecule has 2 fully saturated rings. The van der Waals surface area contributed by atoms with E-state index in [2.05, 4.69) is 16.8 Å². The molecule has 0 aromatic heterocycles. The number of halogens is 1. The van der Waals surface area contributed by atoms with E-state index in [1.807, 2.05) is 24.3 Å². The lowest BCUT2D eigenvalue weighted by Crippen LogP contribution is -2.46. The Morgan fingerprint density at radius 2 is 2.00 bits per heavy atom. The molecule has 1 N–H and O–H groups in total. The van der Waals surface area contributed by atoms with E-state index < -0.39 is 5.60 Å². The van der Waals surface area contributed by atoms with Crippen molar-refractivity contribution >= 4 is 11.6 Å². The van der Waals surface area contributed by atoms with Gasteiger partial charge in [0.15, 0.2) is 0 Å². The van der Waals surface area contributed by atoms with E-state index in [-0.39, 0.29) is 0 Å². The van der Waals surface area contributed by atoms with E-state index in [1.54, 1.807) is 0 Å². The SMILES string of the molecule is CN1CCN(CCC2CCCCC2(O)c2cccc(Cl)c2)CC1. The van der Waals surface area contributed by atoms with Crippen molar-refractivity contribution in [3.8, 4) is 0 Å².